The van der Waals surface area contributed by atoms with Crippen molar-refractivity contribution in [3.05, 3.63) is 45.2 Å². The molecule has 0 saturated heterocycles. The molecule has 0 radical (unpaired) electrons. The molecule has 104 valence electrons. The third-order valence-corrected chi connectivity index (χ3v) is 2.62. The molecule has 0 unspecified atom stereocenters. The molecule has 5 nitrogen and oxygen atoms in total. The van der Waals surface area contributed by atoms with Gasteiger partial charge in [-0.3, -0.25) is 0 Å². The van der Waals surface area contributed by atoms with Crippen LogP contribution in [0.4, 0.5) is 4.39 Å². The van der Waals surface area contributed by atoms with Gasteiger partial charge in [0.2, 0.25) is 0 Å². The summed E-state index contributed by atoms with van der Waals surface area (Å²) < 4.78 is 22.7. The molecule has 0 amide bonds. The molecule has 0 aromatic carbocycles. The average Bonchev–Trinajstić information content (AvgIpc) is 2.80. The summed E-state index contributed by atoms with van der Waals surface area (Å²) in [6.07, 6.45) is 1.07. The summed E-state index contributed by atoms with van der Waals surface area (Å²) in [4.78, 5) is 26.1. The highest BCUT2D eigenvalue weighted by Gasteiger charge is 2.14. The molecule has 1 N–H and O–H groups in total. The Morgan fingerprint density at radius 1 is 1.60 bits per heavy atom. The fraction of sp³-hybridized carbons (Fsp3) is 0.143. The Bertz CT molecular complexity index is 860. The molecule has 0 saturated carbocycles. The largest absolute Gasteiger partial charge is 0.461 e. The Hall–Kier alpha value is -2.63. The first-order valence-electron chi connectivity index (χ1n) is 5.82. The molecule has 2 aromatic rings. The van der Waals surface area contributed by atoms with Crippen molar-refractivity contribution in [2.75, 3.05) is 6.61 Å². The van der Waals surface area contributed by atoms with Crippen molar-refractivity contribution >= 4 is 29.5 Å². The number of halogens is 1. The van der Waals surface area contributed by atoms with Gasteiger partial charge in [0, 0.05) is 5.22 Å². The highest BCUT2D eigenvalue weighted by molar-refractivity contribution is 5.94. The number of rotatable bonds is 3. The quantitative estimate of drug-likeness (QED) is 0.849. The number of fused-ring (bicyclic) bond motifs is 1. The van der Waals surface area contributed by atoms with Crippen LogP contribution in [-0.2, 0) is 4.74 Å². The van der Waals surface area contributed by atoms with Crippen LogP contribution in [0.25, 0.3) is 23.6 Å². The lowest BCUT2D eigenvalue weighted by Crippen LogP contribution is -2.28. The van der Waals surface area contributed by atoms with Gasteiger partial charge in [-0.1, -0.05) is 13.2 Å². The molecule has 0 aliphatic rings. The van der Waals surface area contributed by atoms with Crippen LogP contribution >= 0.6 is 0 Å². The van der Waals surface area contributed by atoms with Crippen molar-refractivity contribution in [1.82, 2.24) is 4.98 Å². The number of ether oxygens (including phenoxy) is 1. The zero-order valence-electron chi connectivity index (χ0n) is 10.8. The fourth-order valence-electron chi connectivity index (χ4n) is 1.82. The molecule has 0 atom stereocenters. The molecule has 0 spiro atoms. The summed E-state index contributed by atoms with van der Waals surface area (Å²) in [6.45, 7) is 8.51. The molecule has 0 bridgehead atoms. The fourth-order valence-corrected chi connectivity index (χ4v) is 1.82. The summed E-state index contributed by atoms with van der Waals surface area (Å²) in [5.41, 5.74) is -0.344. The van der Waals surface area contributed by atoms with Crippen LogP contribution in [0.5, 0.6) is 0 Å². The van der Waals surface area contributed by atoms with Gasteiger partial charge in [0.25, 0.3) is 0 Å². The lowest BCUT2D eigenvalue weighted by Gasteiger charge is -1.97. The van der Waals surface area contributed by atoms with E-state index in [1.807, 2.05) is 0 Å². The molecule has 2 rings (SSSR count). The predicted molar refractivity (Wildman–Crippen MR) is 72.3 cm³/mol. The van der Waals surface area contributed by atoms with Gasteiger partial charge in [0.05, 0.1) is 17.5 Å². The van der Waals surface area contributed by atoms with Crippen molar-refractivity contribution in [3.8, 4) is 0 Å². The summed E-state index contributed by atoms with van der Waals surface area (Å²) in [7, 11) is 0. The normalized spacial score (nSPS) is 11.8. The van der Waals surface area contributed by atoms with Gasteiger partial charge in [0.15, 0.2) is 0 Å². The van der Waals surface area contributed by atoms with Crippen LogP contribution in [0, 0.1) is 0 Å². The number of esters is 1. The number of aromatic nitrogens is 1. The van der Waals surface area contributed by atoms with E-state index in [0.717, 1.165) is 6.08 Å². The van der Waals surface area contributed by atoms with E-state index >= 15 is 0 Å². The molecule has 2 aromatic heterocycles. The van der Waals surface area contributed by atoms with Crippen LogP contribution in [-0.4, -0.2) is 17.6 Å². The first-order chi connectivity index (χ1) is 9.43. The number of carbonyl (C=O) groups excluding carboxylic acids is 1. The molecule has 0 aliphatic carbocycles. The maximum atomic E-state index is 13.0. The van der Waals surface area contributed by atoms with E-state index in [1.54, 1.807) is 6.92 Å². The second-order valence-corrected chi connectivity index (χ2v) is 4.01. The van der Waals surface area contributed by atoms with Gasteiger partial charge in [0.1, 0.15) is 16.9 Å². The second-order valence-electron chi connectivity index (χ2n) is 4.01. The van der Waals surface area contributed by atoms with Crippen LogP contribution in [0.2, 0.25) is 0 Å². The third kappa shape index (κ3) is 2.40. The van der Waals surface area contributed by atoms with E-state index in [9.17, 15) is 14.0 Å². The molecule has 0 aliphatic heterocycles. The standard InChI is InChI=1S/C14H12FNO4/c1-4-19-14(18)11-6-10-12(16-11)9(5-7(2)15)8(3)20-13(10)17/h5-6,16H,2-4H2,1H3/b9-5+. The van der Waals surface area contributed by atoms with Crippen LogP contribution in [0.15, 0.2) is 27.7 Å². The van der Waals surface area contributed by atoms with E-state index in [1.165, 1.54) is 6.07 Å². The Balaban J connectivity index is 2.83. The summed E-state index contributed by atoms with van der Waals surface area (Å²) in [5.74, 6) is -1.34. The Morgan fingerprint density at radius 2 is 2.30 bits per heavy atom. The van der Waals surface area contributed by atoms with Crippen molar-refractivity contribution in [3.63, 3.8) is 0 Å². The maximum Gasteiger partial charge on any atom is 0.354 e. The lowest BCUT2D eigenvalue weighted by atomic mass is 10.2. The van der Waals surface area contributed by atoms with Crippen LogP contribution in [0.1, 0.15) is 17.4 Å². The van der Waals surface area contributed by atoms with Gasteiger partial charge < -0.3 is 14.1 Å². The number of aromatic amines is 1. The number of hydrogen-bond acceptors (Lipinski definition) is 4. The minimum absolute atomic E-state index is 0.0152. The lowest BCUT2D eigenvalue weighted by molar-refractivity contribution is 0.0520. The monoisotopic (exact) mass is 277 g/mol. The number of hydrogen-bond donors (Lipinski definition) is 1. The Morgan fingerprint density at radius 3 is 2.90 bits per heavy atom. The van der Waals surface area contributed by atoms with Gasteiger partial charge in [-0.15, -0.1) is 0 Å². The van der Waals surface area contributed by atoms with Crippen LogP contribution < -0.4 is 16.3 Å². The molecule has 2 heterocycles. The zero-order chi connectivity index (χ0) is 14.9. The van der Waals surface area contributed by atoms with Crippen molar-refractivity contribution in [1.29, 1.82) is 0 Å². The van der Waals surface area contributed by atoms with E-state index in [2.05, 4.69) is 18.1 Å². The number of H-pyrrole nitrogens is 1. The van der Waals surface area contributed by atoms with E-state index in [4.69, 9.17) is 9.15 Å². The predicted octanol–water partition coefficient (Wildman–Crippen LogP) is 0.972. The zero-order valence-corrected chi connectivity index (χ0v) is 10.8. The first-order valence-corrected chi connectivity index (χ1v) is 5.82. The average molecular weight is 277 g/mol. The highest BCUT2D eigenvalue weighted by Crippen LogP contribution is 2.08. The second kappa shape index (κ2) is 5.16. The summed E-state index contributed by atoms with van der Waals surface area (Å²) in [5, 5.41) is 0.343. The van der Waals surface area contributed by atoms with Crippen molar-refractivity contribution in [2.45, 2.75) is 6.92 Å². The first kappa shape index (κ1) is 13.8. The highest BCUT2D eigenvalue weighted by atomic mass is 19.1. The molecular formula is C14H12FNO4. The Kier molecular flexibility index (Phi) is 3.56. The minimum Gasteiger partial charge on any atom is -0.461 e. The van der Waals surface area contributed by atoms with Gasteiger partial charge in [-0.25, -0.2) is 14.0 Å². The SMILES string of the molecule is C=C(F)/C=c1\c(=C)oc(=O)c2cc(C(=O)OCC)[nH]c12. The number of allylic oxidation sites excluding steroid dienone is 1. The van der Waals surface area contributed by atoms with Gasteiger partial charge in [-0.2, -0.15) is 0 Å². The molecule has 20 heavy (non-hydrogen) atoms. The van der Waals surface area contributed by atoms with Crippen LogP contribution in [0.3, 0.4) is 0 Å². The van der Waals surface area contributed by atoms with E-state index in [-0.39, 0.29) is 33.8 Å². The van der Waals surface area contributed by atoms with Crippen molar-refractivity contribution in [2.24, 2.45) is 0 Å². The summed E-state index contributed by atoms with van der Waals surface area (Å²) >= 11 is 0. The third-order valence-electron chi connectivity index (χ3n) is 2.62. The number of nitrogens with one attached hydrogen (secondary N) is 1. The topological polar surface area (TPSA) is 72.3 Å². The van der Waals surface area contributed by atoms with E-state index < -0.39 is 17.4 Å². The minimum atomic E-state index is -0.725. The van der Waals surface area contributed by atoms with Gasteiger partial charge >= 0.3 is 11.6 Å². The summed E-state index contributed by atoms with van der Waals surface area (Å²) in [6, 6.07) is 1.30. The maximum absolute atomic E-state index is 13.0. The molecule has 6 heteroatoms. The number of carbonyl (C=O) groups is 1. The van der Waals surface area contributed by atoms with Crippen molar-refractivity contribution < 1.29 is 18.3 Å². The molecule has 0 fully saturated rings. The van der Waals surface area contributed by atoms with Gasteiger partial charge in [-0.05, 0) is 19.1 Å². The van der Waals surface area contributed by atoms with E-state index in [0.29, 0.717) is 0 Å². The smallest absolute Gasteiger partial charge is 0.354 e. The molecular weight excluding hydrogens is 265 g/mol. The Labute approximate surface area is 112 Å².